The highest BCUT2D eigenvalue weighted by Gasteiger charge is 2.16. The molecule has 0 fully saturated rings. The van der Waals surface area contributed by atoms with Gasteiger partial charge in [0.1, 0.15) is 6.61 Å². The largest absolute Gasteiger partial charge is 0.461 e. The molecule has 0 heterocycles. The molecule has 32 heavy (non-hydrogen) atoms. The van der Waals surface area contributed by atoms with E-state index in [0.29, 0.717) is 17.9 Å². The molecule has 0 saturated carbocycles. The molecule has 3 aromatic rings. The average molecular weight is 465 g/mol. The standard InChI is InChI=1S/C26H24O4S2/c1-20(2)26(27)30-18-19-31-23-14-10-21(11-15-23)8-9-22-12-16-25(17-13-22)32(28,29)24-6-4-3-5-7-24/h3-17H,1,18-19H2,2H3. The normalized spacial score (nSPS) is 11.4. The molecular formula is C26H24O4S2. The van der Waals surface area contributed by atoms with Gasteiger partial charge in [-0.1, -0.05) is 61.2 Å². The molecule has 0 aliphatic carbocycles. The molecule has 3 aromatic carbocycles. The molecule has 6 heteroatoms. The van der Waals surface area contributed by atoms with Gasteiger partial charge in [0.25, 0.3) is 0 Å². The SMILES string of the molecule is C=C(C)C(=O)OCCSc1ccc(C=Cc2ccc(S(=O)(=O)c3ccccc3)cc2)cc1. The first kappa shape index (κ1) is 23.6. The van der Waals surface area contributed by atoms with Gasteiger partial charge in [-0.2, -0.15) is 0 Å². The Balaban J connectivity index is 1.56. The topological polar surface area (TPSA) is 60.4 Å². The van der Waals surface area contributed by atoms with Crippen LogP contribution in [0.1, 0.15) is 18.1 Å². The van der Waals surface area contributed by atoms with Crippen LogP contribution in [-0.2, 0) is 19.4 Å². The molecule has 0 bridgehead atoms. The summed E-state index contributed by atoms with van der Waals surface area (Å²) in [5, 5.41) is 0. The molecule has 0 aliphatic heterocycles. The van der Waals surface area contributed by atoms with Crippen LogP contribution >= 0.6 is 11.8 Å². The minimum atomic E-state index is -3.50. The van der Waals surface area contributed by atoms with Crippen LogP contribution in [0.15, 0.2) is 106 Å². The molecule has 0 saturated heterocycles. The van der Waals surface area contributed by atoms with E-state index in [-0.39, 0.29) is 15.8 Å². The Morgan fingerprint density at radius 2 is 1.41 bits per heavy atom. The van der Waals surface area contributed by atoms with Crippen LogP contribution in [0.2, 0.25) is 0 Å². The van der Waals surface area contributed by atoms with Crippen molar-refractivity contribution >= 4 is 39.7 Å². The second kappa shape index (κ2) is 11.0. The van der Waals surface area contributed by atoms with Gasteiger partial charge in [-0.15, -0.1) is 11.8 Å². The first-order valence-corrected chi connectivity index (χ1v) is 12.5. The predicted molar refractivity (Wildman–Crippen MR) is 130 cm³/mol. The lowest BCUT2D eigenvalue weighted by molar-refractivity contribution is -0.138. The number of hydrogen-bond acceptors (Lipinski definition) is 5. The number of thioether (sulfide) groups is 1. The van der Waals surface area contributed by atoms with Crippen LogP contribution < -0.4 is 0 Å². The summed E-state index contributed by atoms with van der Waals surface area (Å²) in [7, 11) is -3.50. The van der Waals surface area contributed by atoms with Gasteiger partial charge in [-0.25, -0.2) is 13.2 Å². The van der Waals surface area contributed by atoms with Gasteiger partial charge in [0.15, 0.2) is 0 Å². The van der Waals surface area contributed by atoms with Crippen molar-refractivity contribution in [3.05, 3.63) is 102 Å². The van der Waals surface area contributed by atoms with Crippen molar-refractivity contribution in [2.45, 2.75) is 21.6 Å². The zero-order valence-corrected chi connectivity index (χ0v) is 19.4. The van der Waals surface area contributed by atoms with Crippen molar-refractivity contribution < 1.29 is 17.9 Å². The van der Waals surface area contributed by atoms with Crippen LogP contribution in [0, 0.1) is 0 Å². The van der Waals surface area contributed by atoms with Crippen molar-refractivity contribution in [3.63, 3.8) is 0 Å². The lowest BCUT2D eigenvalue weighted by Crippen LogP contribution is -2.07. The molecule has 0 aliphatic rings. The van der Waals surface area contributed by atoms with E-state index < -0.39 is 9.84 Å². The van der Waals surface area contributed by atoms with E-state index in [1.807, 2.05) is 36.4 Å². The van der Waals surface area contributed by atoms with Gasteiger partial charge < -0.3 is 4.74 Å². The minimum Gasteiger partial charge on any atom is -0.461 e. The smallest absolute Gasteiger partial charge is 0.333 e. The van der Waals surface area contributed by atoms with Crippen LogP contribution in [0.25, 0.3) is 12.2 Å². The second-order valence-corrected chi connectivity index (χ2v) is 10.2. The van der Waals surface area contributed by atoms with E-state index in [1.165, 1.54) is 0 Å². The first-order valence-electron chi connectivity index (χ1n) is 10.00. The Kier molecular flexibility index (Phi) is 8.09. The minimum absolute atomic E-state index is 0.274. The quantitative estimate of drug-likeness (QED) is 0.130. The maximum Gasteiger partial charge on any atom is 0.333 e. The maximum absolute atomic E-state index is 12.7. The number of ether oxygens (including phenoxy) is 1. The number of carbonyl (C=O) groups is 1. The lowest BCUT2D eigenvalue weighted by Gasteiger charge is -2.05. The number of sulfone groups is 1. The molecule has 0 radical (unpaired) electrons. The van der Waals surface area contributed by atoms with Gasteiger partial charge >= 0.3 is 5.97 Å². The van der Waals surface area contributed by atoms with Gasteiger partial charge in [-0.05, 0) is 54.4 Å². The average Bonchev–Trinajstić information content (AvgIpc) is 2.82. The zero-order valence-electron chi connectivity index (χ0n) is 17.7. The highest BCUT2D eigenvalue weighted by atomic mass is 32.2. The van der Waals surface area contributed by atoms with Crippen LogP contribution in [-0.4, -0.2) is 26.7 Å². The molecule has 0 spiro atoms. The fraction of sp³-hybridized carbons (Fsp3) is 0.115. The monoisotopic (exact) mass is 464 g/mol. The summed E-state index contributed by atoms with van der Waals surface area (Å²) in [4.78, 5) is 13.0. The third kappa shape index (κ3) is 6.45. The molecule has 0 N–H and O–H groups in total. The molecule has 0 atom stereocenters. The summed E-state index contributed by atoms with van der Waals surface area (Å²) in [6, 6.07) is 23.3. The zero-order chi connectivity index (χ0) is 23.0. The Morgan fingerprint density at radius 1 is 0.875 bits per heavy atom. The van der Waals surface area contributed by atoms with E-state index in [4.69, 9.17) is 4.74 Å². The number of esters is 1. The number of benzene rings is 3. The highest BCUT2D eigenvalue weighted by Crippen LogP contribution is 2.22. The van der Waals surface area contributed by atoms with Crippen molar-refractivity contribution in [1.82, 2.24) is 0 Å². The number of rotatable bonds is 9. The van der Waals surface area contributed by atoms with Crippen molar-refractivity contribution in [3.8, 4) is 0 Å². The van der Waals surface area contributed by atoms with E-state index in [2.05, 4.69) is 6.58 Å². The molecule has 164 valence electrons. The Morgan fingerprint density at radius 3 is 1.97 bits per heavy atom. The second-order valence-electron chi connectivity index (χ2n) is 7.05. The van der Waals surface area contributed by atoms with Gasteiger partial charge in [0.05, 0.1) is 9.79 Å². The summed E-state index contributed by atoms with van der Waals surface area (Å²) >= 11 is 1.61. The van der Waals surface area contributed by atoms with Crippen molar-refractivity contribution in [1.29, 1.82) is 0 Å². The number of hydrogen-bond donors (Lipinski definition) is 0. The Hall–Kier alpha value is -3.09. The third-order valence-corrected chi connectivity index (χ3v) is 7.29. The van der Waals surface area contributed by atoms with Crippen LogP contribution in [0.4, 0.5) is 0 Å². The van der Waals surface area contributed by atoms with Gasteiger partial charge in [0, 0.05) is 16.2 Å². The van der Waals surface area contributed by atoms with Crippen molar-refractivity contribution in [2.75, 3.05) is 12.4 Å². The third-order valence-electron chi connectivity index (χ3n) is 4.53. The highest BCUT2D eigenvalue weighted by molar-refractivity contribution is 7.99. The molecule has 4 nitrogen and oxygen atoms in total. The summed E-state index contributed by atoms with van der Waals surface area (Å²) in [5.41, 5.74) is 2.34. The lowest BCUT2D eigenvalue weighted by atomic mass is 10.1. The summed E-state index contributed by atoms with van der Waals surface area (Å²) < 4.78 is 30.4. The van der Waals surface area contributed by atoms with Crippen LogP contribution in [0.3, 0.4) is 0 Å². The molecule has 0 aromatic heterocycles. The summed E-state index contributed by atoms with van der Waals surface area (Å²) in [6.07, 6.45) is 3.92. The summed E-state index contributed by atoms with van der Waals surface area (Å²) in [5.74, 6) is 0.309. The van der Waals surface area contributed by atoms with Gasteiger partial charge in [-0.3, -0.25) is 0 Å². The first-order chi connectivity index (χ1) is 15.4. The maximum atomic E-state index is 12.7. The molecular weight excluding hydrogens is 440 g/mol. The Bertz CT molecular complexity index is 1190. The molecule has 0 unspecified atom stereocenters. The van der Waals surface area contributed by atoms with E-state index in [9.17, 15) is 13.2 Å². The number of carbonyl (C=O) groups excluding carboxylic acids is 1. The van der Waals surface area contributed by atoms with E-state index in [0.717, 1.165) is 16.0 Å². The van der Waals surface area contributed by atoms with E-state index in [1.54, 1.807) is 73.3 Å². The van der Waals surface area contributed by atoms with E-state index >= 15 is 0 Å². The summed E-state index contributed by atoms with van der Waals surface area (Å²) in [6.45, 7) is 5.52. The van der Waals surface area contributed by atoms with Gasteiger partial charge in [0.2, 0.25) is 9.84 Å². The Labute approximate surface area is 193 Å². The molecule has 3 rings (SSSR count). The van der Waals surface area contributed by atoms with Crippen LogP contribution in [0.5, 0.6) is 0 Å². The predicted octanol–water partition coefficient (Wildman–Crippen LogP) is 5.90. The fourth-order valence-corrected chi connectivity index (χ4v) is 4.79. The molecule has 0 amide bonds. The van der Waals surface area contributed by atoms with Crippen molar-refractivity contribution in [2.24, 2.45) is 0 Å². The fourth-order valence-electron chi connectivity index (χ4n) is 2.78.